The molecule has 2 aromatic rings. The van der Waals surface area contributed by atoms with Crippen LogP contribution in [0.25, 0.3) is 0 Å². The standard InChI is InChI=1S/C15H12BrCl2FO2/c1-20-14-6-10(7-17)4-11(16)15(14)21-8-9-2-3-13(19)12(18)5-9/h2-6H,7-8H2,1H3. The van der Waals surface area contributed by atoms with Crippen molar-refractivity contribution in [2.75, 3.05) is 7.11 Å². The lowest BCUT2D eigenvalue weighted by molar-refractivity contribution is 0.282. The number of benzene rings is 2. The highest BCUT2D eigenvalue weighted by Crippen LogP contribution is 2.37. The van der Waals surface area contributed by atoms with Gasteiger partial charge in [-0.25, -0.2) is 4.39 Å². The van der Waals surface area contributed by atoms with Crippen molar-refractivity contribution in [3.63, 3.8) is 0 Å². The maximum absolute atomic E-state index is 13.1. The van der Waals surface area contributed by atoms with E-state index in [9.17, 15) is 4.39 Å². The average Bonchev–Trinajstić information content (AvgIpc) is 2.48. The minimum atomic E-state index is -0.453. The summed E-state index contributed by atoms with van der Waals surface area (Å²) in [5, 5.41) is 0.0691. The first-order chi connectivity index (χ1) is 10.0. The molecule has 0 atom stereocenters. The van der Waals surface area contributed by atoms with Gasteiger partial charge in [0.1, 0.15) is 12.4 Å². The van der Waals surface area contributed by atoms with E-state index in [0.717, 1.165) is 15.6 Å². The zero-order chi connectivity index (χ0) is 15.4. The van der Waals surface area contributed by atoms with Crippen LogP contribution in [0, 0.1) is 5.82 Å². The van der Waals surface area contributed by atoms with E-state index < -0.39 is 5.82 Å². The molecule has 0 amide bonds. The number of hydrogen-bond donors (Lipinski definition) is 0. The summed E-state index contributed by atoms with van der Waals surface area (Å²) in [6, 6.07) is 8.14. The van der Waals surface area contributed by atoms with Crippen LogP contribution in [-0.2, 0) is 12.5 Å². The van der Waals surface area contributed by atoms with Gasteiger partial charge in [-0.3, -0.25) is 0 Å². The van der Waals surface area contributed by atoms with Crippen molar-refractivity contribution >= 4 is 39.1 Å². The van der Waals surface area contributed by atoms with E-state index in [-0.39, 0.29) is 11.6 Å². The van der Waals surface area contributed by atoms with Crippen molar-refractivity contribution in [2.24, 2.45) is 0 Å². The Kier molecular flexibility index (Phi) is 5.73. The number of hydrogen-bond acceptors (Lipinski definition) is 2. The molecule has 2 nitrogen and oxygen atoms in total. The molecule has 0 saturated heterocycles. The number of halogens is 4. The Hall–Kier alpha value is -0.970. The van der Waals surface area contributed by atoms with Gasteiger partial charge in [0.25, 0.3) is 0 Å². The molecular weight excluding hydrogens is 382 g/mol. The minimum absolute atomic E-state index is 0.0691. The van der Waals surface area contributed by atoms with Gasteiger partial charge in [-0.15, -0.1) is 11.6 Å². The van der Waals surface area contributed by atoms with E-state index >= 15 is 0 Å². The van der Waals surface area contributed by atoms with Gasteiger partial charge in [0.05, 0.1) is 16.6 Å². The first-order valence-electron chi connectivity index (χ1n) is 6.04. The fourth-order valence-corrected chi connectivity index (χ4v) is 2.74. The second-order valence-corrected chi connectivity index (χ2v) is 5.81. The zero-order valence-corrected chi connectivity index (χ0v) is 14.2. The molecule has 0 aromatic heterocycles. The van der Waals surface area contributed by atoms with E-state index in [1.807, 2.05) is 12.1 Å². The van der Waals surface area contributed by atoms with Crippen molar-refractivity contribution in [3.8, 4) is 11.5 Å². The molecule has 21 heavy (non-hydrogen) atoms. The van der Waals surface area contributed by atoms with Gasteiger partial charge in [0, 0.05) is 5.88 Å². The van der Waals surface area contributed by atoms with E-state index in [4.69, 9.17) is 32.7 Å². The summed E-state index contributed by atoms with van der Waals surface area (Å²) in [4.78, 5) is 0. The number of rotatable bonds is 5. The lowest BCUT2D eigenvalue weighted by Crippen LogP contribution is -1.99. The molecule has 0 aliphatic heterocycles. The van der Waals surface area contributed by atoms with Crippen LogP contribution in [0.15, 0.2) is 34.8 Å². The highest BCUT2D eigenvalue weighted by atomic mass is 79.9. The fourth-order valence-electron chi connectivity index (χ4n) is 1.78. The molecular formula is C15H12BrCl2FO2. The van der Waals surface area contributed by atoms with Gasteiger partial charge in [0.15, 0.2) is 11.5 Å². The molecule has 2 rings (SSSR count). The van der Waals surface area contributed by atoms with Crippen molar-refractivity contribution in [1.29, 1.82) is 0 Å². The molecule has 0 radical (unpaired) electrons. The molecule has 0 aliphatic rings. The summed E-state index contributed by atoms with van der Waals surface area (Å²) >= 11 is 15.0. The third kappa shape index (κ3) is 4.02. The normalized spacial score (nSPS) is 10.5. The van der Waals surface area contributed by atoms with Crippen LogP contribution < -0.4 is 9.47 Å². The third-order valence-corrected chi connectivity index (χ3v) is 4.00. The Morgan fingerprint density at radius 3 is 2.57 bits per heavy atom. The van der Waals surface area contributed by atoms with Crippen LogP contribution in [0.2, 0.25) is 5.02 Å². The van der Waals surface area contributed by atoms with Crippen molar-refractivity contribution < 1.29 is 13.9 Å². The highest BCUT2D eigenvalue weighted by molar-refractivity contribution is 9.10. The summed E-state index contributed by atoms with van der Waals surface area (Å²) in [6.07, 6.45) is 0. The Morgan fingerprint density at radius 1 is 1.19 bits per heavy atom. The lowest BCUT2D eigenvalue weighted by atomic mass is 10.2. The molecule has 0 unspecified atom stereocenters. The topological polar surface area (TPSA) is 18.5 Å². The van der Waals surface area contributed by atoms with Gasteiger partial charge in [0.2, 0.25) is 0 Å². The van der Waals surface area contributed by atoms with Crippen LogP contribution in [-0.4, -0.2) is 7.11 Å². The molecule has 0 fully saturated rings. The second-order valence-electron chi connectivity index (χ2n) is 4.28. The van der Waals surface area contributed by atoms with Crippen molar-refractivity contribution in [2.45, 2.75) is 12.5 Å². The van der Waals surface area contributed by atoms with Gasteiger partial charge in [-0.05, 0) is 51.3 Å². The maximum Gasteiger partial charge on any atom is 0.175 e. The zero-order valence-electron chi connectivity index (χ0n) is 11.1. The monoisotopic (exact) mass is 392 g/mol. The Morgan fingerprint density at radius 2 is 1.95 bits per heavy atom. The van der Waals surface area contributed by atoms with E-state index in [2.05, 4.69) is 15.9 Å². The largest absolute Gasteiger partial charge is 0.493 e. The predicted octanol–water partition coefficient (Wildman–Crippen LogP) is 5.57. The van der Waals surface area contributed by atoms with Gasteiger partial charge in [-0.2, -0.15) is 0 Å². The number of ether oxygens (including phenoxy) is 2. The Labute approximate surface area is 140 Å². The number of alkyl halides is 1. The summed E-state index contributed by atoms with van der Waals surface area (Å²) in [6.45, 7) is 0.245. The summed E-state index contributed by atoms with van der Waals surface area (Å²) in [5.41, 5.74) is 1.68. The Bertz CT molecular complexity index is 650. The van der Waals surface area contributed by atoms with Gasteiger partial charge >= 0.3 is 0 Å². The first-order valence-corrected chi connectivity index (χ1v) is 7.74. The molecule has 0 spiro atoms. The molecule has 112 valence electrons. The van der Waals surface area contributed by atoms with Gasteiger partial charge in [-0.1, -0.05) is 17.7 Å². The smallest absolute Gasteiger partial charge is 0.175 e. The molecule has 0 aliphatic carbocycles. The summed E-state index contributed by atoms with van der Waals surface area (Å²) in [5.74, 6) is 1.06. The van der Waals surface area contributed by atoms with Crippen LogP contribution in [0.1, 0.15) is 11.1 Å². The molecule has 0 saturated carbocycles. The maximum atomic E-state index is 13.1. The third-order valence-electron chi connectivity index (χ3n) is 2.81. The predicted molar refractivity (Wildman–Crippen MR) is 86.0 cm³/mol. The lowest BCUT2D eigenvalue weighted by Gasteiger charge is -2.14. The second kappa shape index (κ2) is 7.34. The molecule has 6 heteroatoms. The van der Waals surface area contributed by atoms with E-state index in [1.54, 1.807) is 13.2 Å². The summed E-state index contributed by atoms with van der Waals surface area (Å²) in [7, 11) is 1.56. The van der Waals surface area contributed by atoms with Crippen molar-refractivity contribution in [1.82, 2.24) is 0 Å². The SMILES string of the molecule is COc1cc(CCl)cc(Br)c1OCc1ccc(F)c(Cl)c1. The minimum Gasteiger partial charge on any atom is -0.493 e. The van der Waals surface area contributed by atoms with Crippen LogP contribution in [0.3, 0.4) is 0 Å². The van der Waals surface area contributed by atoms with Crippen LogP contribution in [0.5, 0.6) is 11.5 Å². The quantitative estimate of drug-likeness (QED) is 0.618. The Balaban J connectivity index is 2.21. The first kappa shape index (κ1) is 16.4. The van der Waals surface area contributed by atoms with E-state index in [1.165, 1.54) is 12.1 Å². The van der Waals surface area contributed by atoms with Gasteiger partial charge < -0.3 is 9.47 Å². The fraction of sp³-hybridized carbons (Fsp3) is 0.200. The number of methoxy groups -OCH3 is 1. The molecule has 0 N–H and O–H groups in total. The van der Waals surface area contributed by atoms with E-state index in [0.29, 0.717) is 17.4 Å². The van der Waals surface area contributed by atoms with Crippen LogP contribution in [0.4, 0.5) is 4.39 Å². The highest BCUT2D eigenvalue weighted by Gasteiger charge is 2.12. The molecule has 0 heterocycles. The summed E-state index contributed by atoms with van der Waals surface area (Å²) < 4.78 is 24.9. The molecule has 0 bridgehead atoms. The average molecular weight is 394 g/mol. The van der Waals surface area contributed by atoms with Crippen molar-refractivity contribution in [3.05, 3.63) is 56.8 Å². The van der Waals surface area contributed by atoms with Crippen LogP contribution >= 0.6 is 39.1 Å². The molecule has 2 aromatic carbocycles.